The third-order valence-corrected chi connectivity index (χ3v) is 3.14. The summed E-state index contributed by atoms with van der Waals surface area (Å²) < 4.78 is 15.5. The molecule has 1 N–H and O–H groups in total. The van der Waals surface area contributed by atoms with Crippen LogP contribution in [0.4, 0.5) is 4.39 Å². The Labute approximate surface area is 113 Å². The second-order valence-corrected chi connectivity index (χ2v) is 4.74. The van der Waals surface area contributed by atoms with Crippen LogP contribution in [0.3, 0.4) is 0 Å². The van der Waals surface area contributed by atoms with Crippen LogP contribution in [0.5, 0.6) is 0 Å². The maximum atomic E-state index is 13.7. The van der Waals surface area contributed by atoms with Crippen LogP contribution in [0.2, 0.25) is 0 Å². The van der Waals surface area contributed by atoms with Crippen molar-refractivity contribution < 1.29 is 4.39 Å². The minimum atomic E-state index is -0.133. The molecule has 3 nitrogen and oxygen atoms in total. The molecule has 0 aliphatic rings. The minimum absolute atomic E-state index is 0.133. The molecule has 2 rings (SSSR count). The zero-order valence-corrected chi connectivity index (χ0v) is 11.4. The second kappa shape index (κ2) is 6.48. The number of nitrogens with one attached hydrogen (secondary N) is 1. The van der Waals surface area contributed by atoms with Gasteiger partial charge in [-0.1, -0.05) is 25.1 Å². The van der Waals surface area contributed by atoms with Gasteiger partial charge in [0.1, 0.15) is 5.82 Å². The van der Waals surface area contributed by atoms with E-state index in [4.69, 9.17) is 0 Å². The maximum absolute atomic E-state index is 13.7. The summed E-state index contributed by atoms with van der Waals surface area (Å²) in [6, 6.07) is 9.17. The molecule has 2 aromatic rings. The summed E-state index contributed by atoms with van der Waals surface area (Å²) in [5.74, 6) is -0.133. The average molecular weight is 261 g/mol. The Morgan fingerprint density at radius 1 is 1.26 bits per heavy atom. The Morgan fingerprint density at radius 3 is 2.68 bits per heavy atom. The highest BCUT2D eigenvalue weighted by Crippen LogP contribution is 2.11. The molecule has 1 atom stereocenters. The van der Waals surface area contributed by atoms with Gasteiger partial charge in [0.15, 0.2) is 0 Å². The molecule has 102 valence electrons. The Hall–Kier alpha value is -1.68. The first-order valence-corrected chi connectivity index (χ1v) is 6.64. The van der Waals surface area contributed by atoms with Crippen molar-refractivity contribution >= 4 is 0 Å². The zero-order chi connectivity index (χ0) is 13.7. The van der Waals surface area contributed by atoms with Crippen LogP contribution >= 0.6 is 0 Å². The summed E-state index contributed by atoms with van der Waals surface area (Å²) in [6.45, 7) is 2.93. The van der Waals surface area contributed by atoms with E-state index >= 15 is 0 Å². The normalized spacial score (nSPS) is 12.6. The first-order valence-electron chi connectivity index (χ1n) is 6.64. The van der Waals surface area contributed by atoms with Gasteiger partial charge in [-0.05, 0) is 30.7 Å². The summed E-state index contributed by atoms with van der Waals surface area (Å²) in [4.78, 5) is 0. The monoisotopic (exact) mass is 261 g/mol. The Kier molecular flexibility index (Phi) is 4.68. The van der Waals surface area contributed by atoms with E-state index in [2.05, 4.69) is 17.3 Å². The molecule has 1 aromatic carbocycles. The Bertz CT molecular complexity index is 522. The third kappa shape index (κ3) is 3.89. The van der Waals surface area contributed by atoms with Gasteiger partial charge >= 0.3 is 0 Å². The smallest absolute Gasteiger partial charge is 0.126 e. The van der Waals surface area contributed by atoms with Gasteiger partial charge in [0, 0.05) is 25.7 Å². The molecule has 0 saturated heterocycles. The van der Waals surface area contributed by atoms with Crippen LogP contribution in [-0.4, -0.2) is 22.4 Å². The summed E-state index contributed by atoms with van der Waals surface area (Å²) in [7, 11) is 1.91. The number of nitrogens with zero attached hydrogens (tertiary/aromatic N) is 2. The number of aryl methyl sites for hydroxylation is 1. The van der Waals surface area contributed by atoms with E-state index < -0.39 is 0 Å². The Balaban J connectivity index is 2.06. The SMILES string of the molecule is CCNC(Cc1ccn(C)n1)Cc1ccccc1F. The highest BCUT2D eigenvalue weighted by atomic mass is 19.1. The molecule has 0 radical (unpaired) electrons. The topological polar surface area (TPSA) is 29.9 Å². The van der Waals surface area contributed by atoms with Crippen LogP contribution in [0.15, 0.2) is 36.5 Å². The number of aromatic nitrogens is 2. The fourth-order valence-electron chi connectivity index (χ4n) is 2.26. The van der Waals surface area contributed by atoms with Crippen LogP contribution in [-0.2, 0) is 19.9 Å². The predicted octanol–water partition coefficient (Wildman–Crippen LogP) is 2.32. The molecule has 4 heteroatoms. The lowest BCUT2D eigenvalue weighted by Crippen LogP contribution is -2.33. The van der Waals surface area contributed by atoms with E-state index in [9.17, 15) is 4.39 Å². The molecular weight excluding hydrogens is 241 g/mol. The zero-order valence-electron chi connectivity index (χ0n) is 11.4. The van der Waals surface area contributed by atoms with E-state index in [1.165, 1.54) is 6.07 Å². The van der Waals surface area contributed by atoms with Crippen molar-refractivity contribution in [2.75, 3.05) is 6.54 Å². The number of rotatable bonds is 6. The van der Waals surface area contributed by atoms with Gasteiger partial charge in [-0.3, -0.25) is 4.68 Å². The van der Waals surface area contributed by atoms with Crippen LogP contribution in [0.1, 0.15) is 18.2 Å². The van der Waals surface area contributed by atoms with Gasteiger partial charge in [0.25, 0.3) is 0 Å². The van der Waals surface area contributed by atoms with E-state index in [0.717, 1.165) is 24.2 Å². The van der Waals surface area contributed by atoms with Crippen molar-refractivity contribution in [3.8, 4) is 0 Å². The van der Waals surface area contributed by atoms with E-state index in [-0.39, 0.29) is 11.9 Å². The molecule has 19 heavy (non-hydrogen) atoms. The highest BCUT2D eigenvalue weighted by Gasteiger charge is 2.13. The van der Waals surface area contributed by atoms with Crippen molar-refractivity contribution in [3.63, 3.8) is 0 Å². The number of hydrogen-bond donors (Lipinski definition) is 1. The molecular formula is C15H20FN3. The van der Waals surface area contributed by atoms with Crippen LogP contribution < -0.4 is 5.32 Å². The van der Waals surface area contributed by atoms with Gasteiger partial charge in [-0.2, -0.15) is 5.10 Å². The maximum Gasteiger partial charge on any atom is 0.126 e. The second-order valence-electron chi connectivity index (χ2n) is 4.74. The summed E-state index contributed by atoms with van der Waals surface area (Å²) >= 11 is 0. The van der Waals surface area contributed by atoms with Crippen LogP contribution in [0, 0.1) is 5.82 Å². The van der Waals surface area contributed by atoms with Gasteiger partial charge in [-0.25, -0.2) is 4.39 Å². The lowest BCUT2D eigenvalue weighted by molar-refractivity contribution is 0.499. The number of likely N-dealkylation sites (N-methyl/N-ethyl adjacent to an activating group) is 1. The summed E-state index contributed by atoms with van der Waals surface area (Å²) in [5.41, 5.74) is 1.79. The van der Waals surface area contributed by atoms with Gasteiger partial charge in [0.05, 0.1) is 5.69 Å². The lowest BCUT2D eigenvalue weighted by Gasteiger charge is -2.17. The molecule has 0 bridgehead atoms. The number of halogens is 1. The standard InChI is InChI=1S/C15H20FN3/c1-3-17-14(11-13-8-9-19(2)18-13)10-12-6-4-5-7-15(12)16/h4-9,14,17H,3,10-11H2,1-2H3. The molecule has 0 spiro atoms. The number of hydrogen-bond acceptors (Lipinski definition) is 2. The first-order chi connectivity index (χ1) is 9.19. The fraction of sp³-hybridized carbons (Fsp3) is 0.400. The largest absolute Gasteiger partial charge is 0.314 e. The Morgan fingerprint density at radius 2 is 2.05 bits per heavy atom. The van der Waals surface area contributed by atoms with E-state index in [1.807, 2.05) is 31.4 Å². The molecule has 1 heterocycles. The van der Waals surface area contributed by atoms with Crippen molar-refractivity contribution in [1.82, 2.24) is 15.1 Å². The van der Waals surface area contributed by atoms with Crippen molar-refractivity contribution in [2.45, 2.75) is 25.8 Å². The van der Waals surface area contributed by atoms with Crippen molar-refractivity contribution in [1.29, 1.82) is 0 Å². The number of benzene rings is 1. The van der Waals surface area contributed by atoms with Crippen molar-refractivity contribution in [3.05, 3.63) is 53.6 Å². The van der Waals surface area contributed by atoms with Crippen LogP contribution in [0.25, 0.3) is 0 Å². The van der Waals surface area contributed by atoms with Gasteiger partial charge < -0.3 is 5.32 Å². The molecule has 0 aliphatic heterocycles. The quantitative estimate of drug-likeness (QED) is 0.865. The predicted molar refractivity (Wildman–Crippen MR) is 74.5 cm³/mol. The molecule has 0 aliphatic carbocycles. The van der Waals surface area contributed by atoms with Gasteiger partial charge in [0.2, 0.25) is 0 Å². The van der Waals surface area contributed by atoms with E-state index in [0.29, 0.717) is 6.42 Å². The first kappa shape index (κ1) is 13.7. The summed E-state index contributed by atoms with van der Waals surface area (Å²) in [5, 5.41) is 7.78. The molecule has 0 saturated carbocycles. The molecule has 1 unspecified atom stereocenters. The fourth-order valence-corrected chi connectivity index (χ4v) is 2.26. The van der Waals surface area contributed by atoms with Crippen molar-refractivity contribution in [2.24, 2.45) is 7.05 Å². The lowest BCUT2D eigenvalue weighted by atomic mass is 10.0. The average Bonchev–Trinajstić information content (AvgIpc) is 2.78. The minimum Gasteiger partial charge on any atom is -0.314 e. The molecule has 1 aromatic heterocycles. The van der Waals surface area contributed by atoms with Gasteiger partial charge in [-0.15, -0.1) is 0 Å². The highest BCUT2D eigenvalue weighted by molar-refractivity contribution is 5.19. The summed E-state index contributed by atoms with van der Waals surface area (Å²) in [6.07, 6.45) is 3.42. The molecule has 0 amide bonds. The van der Waals surface area contributed by atoms with E-state index in [1.54, 1.807) is 10.7 Å². The third-order valence-electron chi connectivity index (χ3n) is 3.14. The molecule has 0 fully saturated rings.